The quantitative estimate of drug-likeness (QED) is 0.235. The molecule has 146 valence electrons. The third-order valence-electron chi connectivity index (χ3n) is 4.46. The van der Waals surface area contributed by atoms with Crippen molar-refractivity contribution in [1.29, 1.82) is 0 Å². The molecule has 1 amide bonds. The Labute approximate surface area is 144 Å². The second-order valence-electron chi connectivity index (χ2n) is 6.29. The zero-order valence-electron chi connectivity index (χ0n) is 13.7. The van der Waals surface area contributed by atoms with Crippen molar-refractivity contribution in [2.75, 3.05) is 19.8 Å². The Kier molecular flexibility index (Phi) is 7.08. The molecule has 0 unspecified atom stereocenters. The minimum atomic E-state index is -1.49. The average Bonchev–Trinajstić information content (AvgIpc) is 2.58. The van der Waals surface area contributed by atoms with E-state index in [0.29, 0.717) is 0 Å². The fourth-order valence-corrected chi connectivity index (χ4v) is 3.05. The van der Waals surface area contributed by atoms with Crippen LogP contribution in [0.2, 0.25) is 0 Å². The molecule has 0 bridgehead atoms. The molecular formula is C14H26N2O9. The van der Waals surface area contributed by atoms with Crippen LogP contribution in [0.15, 0.2) is 0 Å². The maximum absolute atomic E-state index is 11.4. The molecule has 11 heteroatoms. The van der Waals surface area contributed by atoms with Gasteiger partial charge in [-0.25, -0.2) is 0 Å². The van der Waals surface area contributed by atoms with E-state index in [2.05, 4.69) is 10.6 Å². The van der Waals surface area contributed by atoms with E-state index in [9.17, 15) is 35.4 Å². The lowest BCUT2D eigenvalue weighted by Crippen LogP contribution is -2.68. The first kappa shape index (κ1) is 20.4. The summed E-state index contributed by atoms with van der Waals surface area (Å²) in [4.78, 5) is 11.4. The number of carbonyl (C=O) groups excluding carboxylic acids is 1. The lowest BCUT2D eigenvalue weighted by Gasteiger charge is -2.46. The zero-order chi connectivity index (χ0) is 18.7. The van der Waals surface area contributed by atoms with Crippen molar-refractivity contribution in [1.82, 2.24) is 10.6 Å². The first-order valence-electron chi connectivity index (χ1n) is 8.05. The van der Waals surface area contributed by atoms with Crippen LogP contribution in [-0.4, -0.2) is 111 Å². The van der Waals surface area contributed by atoms with E-state index in [1.54, 1.807) is 0 Å². The van der Waals surface area contributed by atoms with Crippen LogP contribution in [0.3, 0.4) is 0 Å². The van der Waals surface area contributed by atoms with E-state index in [-0.39, 0.29) is 6.54 Å². The van der Waals surface area contributed by atoms with Crippen molar-refractivity contribution in [3.8, 4) is 0 Å². The molecule has 0 radical (unpaired) electrons. The number of amides is 1. The summed E-state index contributed by atoms with van der Waals surface area (Å²) in [6, 6.07) is -1.91. The average molecular weight is 366 g/mol. The summed E-state index contributed by atoms with van der Waals surface area (Å²) >= 11 is 0. The highest BCUT2D eigenvalue weighted by molar-refractivity contribution is 5.73. The van der Waals surface area contributed by atoms with Gasteiger partial charge in [-0.05, 0) is 0 Å². The first-order chi connectivity index (χ1) is 11.8. The maximum atomic E-state index is 11.4. The molecule has 0 spiro atoms. The predicted molar refractivity (Wildman–Crippen MR) is 81.1 cm³/mol. The molecule has 2 fully saturated rings. The molecule has 2 aliphatic rings. The van der Waals surface area contributed by atoms with Gasteiger partial charge >= 0.3 is 0 Å². The van der Waals surface area contributed by atoms with Gasteiger partial charge in [-0.2, -0.15) is 0 Å². The number of rotatable bonds is 5. The van der Waals surface area contributed by atoms with Crippen LogP contribution in [0.4, 0.5) is 0 Å². The first-order valence-corrected chi connectivity index (χ1v) is 8.05. The van der Waals surface area contributed by atoms with E-state index in [4.69, 9.17) is 9.47 Å². The smallest absolute Gasteiger partial charge is 0.217 e. The van der Waals surface area contributed by atoms with Crippen molar-refractivity contribution >= 4 is 5.91 Å². The minimum Gasteiger partial charge on any atom is -0.395 e. The Balaban J connectivity index is 2.20. The number of β-amino-alcohol motifs (C(OH)–C–C–N with tert-alkyl or cyclic N) is 1. The molecular weight excluding hydrogens is 340 g/mol. The van der Waals surface area contributed by atoms with Gasteiger partial charge in [-0.3, -0.25) is 4.79 Å². The van der Waals surface area contributed by atoms with E-state index in [1.807, 2.05) is 0 Å². The van der Waals surface area contributed by atoms with Crippen LogP contribution in [0.25, 0.3) is 0 Å². The summed E-state index contributed by atoms with van der Waals surface area (Å²) < 4.78 is 11.0. The number of hydrogen-bond acceptors (Lipinski definition) is 10. The van der Waals surface area contributed by atoms with Crippen LogP contribution in [0, 0.1) is 0 Å². The molecule has 0 saturated carbocycles. The van der Waals surface area contributed by atoms with Crippen LogP contribution >= 0.6 is 0 Å². The normalized spacial score (nSPS) is 45.2. The van der Waals surface area contributed by atoms with Gasteiger partial charge in [0.15, 0.2) is 6.29 Å². The fraction of sp³-hybridized carbons (Fsp3) is 0.929. The van der Waals surface area contributed by atoms with Crippen molar-refractivity contribution in [3.05, 3.63) is 0 Å². The molecule has 2 rings (SSSR count). The second-order valence-corrected chi connectivity index (χ2v) is 6.29. The Morgan fingerprint density at radius 2 is 1.84 bits per heavy atom. The summed E-state index contributed by atoms with van der Waals surface area (Å²) in [7, 11) is 0. The highest BCUT2D eigenvalue weighted by Gasteiger charge is 2.48. The van der Waals surface area contributed by atoms with Crippen molar-refractivity contribution in [2.45, 2.75) is 61.9 Å². The molecule has 11 nitrogen and oxygen atoms in total. The lowest BCUT2D eigenvalue weighted by molar-refractivity contribution is -0.298. The largest absolute Gasteiger partial charge is 0.395 e. The predicted octanol–water partition coefficient (Wildman–Crippen LogP) is -5.00. The molecule has 0 aromatic carbocycles. The Bertz CT molecular complexity index is 452. The Morgan fingerprint density at radius 1 is 1.16 bits per heavy atom. The van der Waals surface area contributed by atoms with Gasteiger partial charge in [-0.15, -0.1) is 0 Å². The molecule has 8 N–H and O–H groups in total. The van der Waals surface area contributed by atoms with Crippen molar-refractivity contribution < 1.29 is 44.9 Å². The number of carbonyl (C=O) groups is 1. The van der Waals surface area contributed by atoms with Crippen molar-refractivity contribution in [2.24, 2.45) is 0 Å². The fourth-order valence-electron chi connectivity index (χ4n) is 3.05. The summed E-state index contributed by atoms with van der Waals surface area (Å²) in [5.74, 6) is -0.517. The lowest BCUT2D eigenvalue weighted by atomic mass is 9.94. The van der Waals surface area contributed by atoms with Gasteiger partial charge < -0.3 is 50.7 Å². The molecule has 25 heavy (non-hydrogen) atoms. The van der Waals surface area contributed by atoms with Crippen LogP contribution in [0.1, 0.15) is 6.92 Å². The molecule has 0 aromatic rings. The van der Waals surface area contributed by atoms with Gasteiger partial charge in [-0.1, -0.05) is 0 Å². The topological polar surface area (TPSA) is 181 Å². The Morgan fingerprint density at radius 3 is 2.40 bits per heavy atom. The number of nitrogens with one attached hydrogen (secondary N) is 2. The van der Waals surface area contributed by atoms with E-state index in [0.717, 1.165) is 0 Å². The van der Waals surface area contributed by atoms with Crippen LogP contribution < -0.4 is 10.6 Å². The molecule has 0 aliphatic carbocycles. The zero-order valence-corrected chi connectivity index (χ0v) is 13.7. The summed E-state index contributed by atoms with van der Waals surface area (Å²) in [6.07, 6.45) is -9.08. The van der Waals surface area contributed by atoms with E-state index < -0.39 is 74.1 Å². The highest BCUT2D eigenvalue weighted by Crippen LogP contribution is 2.26. The molecule has 2 saturated heterocycles. The molecule has 9 atom stereocenters. The van der Waals surface area contributed by atoms with Crippen molar-refractivity contribution in [3.63, 3.8) is 0 Å². The third-order valence-corrected chi connectivity index (χ3v) is 4.46. The summed E-state index contributed by atoms with van der Waals surface area (Å²) in [5.41, 5.74) is 0. The van der Waals surface area contributed by atoms with E-state index in [1.165, 1.54) is 6.92 Å². The van der Waals surface area contributed by atoms with Gasteiger partial charge in [0.2, 0.25) is 5.91 Å². The van der Waals surface area contributed by atoms with Gasteiger partial charge in [0.25, 0.3) is 0 Å². The third kappa shape index (κ3) is 4.45. The molecule has 2 heterocycles. The standard InChI is InChI=1S/C14H26N2O9/c1-5(19)16-9-12(23)11(22)8(4-18)24-14(9)25-13-6(3-17)15-2-7(20)10(13)21/h6-15,17-18,20-23H,2-4H2,1H3,(H,16,19)/t6-,7+,8-,9-,10-,11-,12-,13-,14+/m1/s1. The minimum absolute atomic E-state index is 0.0491. The number of piperidine rings is 1. The summed E-state index contributed by atoms with van der Waals surface area (Å²) in [5, 5.41) is 64.0. The molecule has 0 aromatic heterocycles. The monoisotopic (exact) mass is 366 g/mol. The molecule has 2 aliphatic heterocycles. The van der Waals surface area contributed by atoms with Crippen LogP contribution in [0.5, 0.6) is 0 Å². The van der Waals surface area contributed by atoms with E-state index >= 15 is 0 Å². The maximum Gasteiger partial charge on any atom is 0.217 e. The highest BCUT2D eigenvalue weighted by atomic mass is 16.7. The second kappa shape index (κ2) is 8.66. The number of ether oxygens (including phenoxy) is 2. The van der Waals surface area contributed by atoms with Gasteiger partial charge in [0, 0.05) is 13.5 Å². The van der Waals surface area contributed by atoms with Crippen LogP contribution in [-0.2, 0) is 14.3 Å². The SMILES string of the molecule is CC(=O)N[C@H]1[C@H](O[C@H]2[C@H](O)[C@@H](O)CN[C@@H]2CO)O[C@H](CO)[C@@H](O)[C@@H]1O. The number of aliphatic hydroxyl groups is 6. The Hall–Kier alpha value is -0.890. The number of hydrogen-bond donors (Lipinski definition) is 8. The van der Waals surface area contributed by atoms with Gasteiger partial charge in [0.1, 0.15) is 36.6 Å². The summed E-state index contributed by atoms with van der Waals surface area (Å²) in [6.45, 7) is 0.238. The number of aliphatic hydroxyl groups excluding tert-OH is 6. The van der Waals surface area contributed by atoms with Gasteiger partial charge in [0.05, 0.1) is 25.4 Å².